The van der Waals surface area contributed by atoms with Crippen LogP contribution in [0.4, 0.5) is 5.69 Å². The second-order valence-electron chi connectivity index (χ2n) is 6.05. The number of methoxy groups -OCH3 is 1. The van der Waals surface area contributed by atoms with Gasteiger partial charge in [-0.2, -0.15) is 0 Å². The number of anilines is 1. The molecule has 158 valence electrons. The summed E-state index contributed by atoms with van der Waals surface area (Å²) in [5.41, 5.74) is 0.586. The lowest BCUT2D eigenvalue weighted by Gasteiger charge is -2.29. The largest absolute Gasteiger partial charge is 0.493 e. The molecule has 0 saturated carbocycles. The van der Waals surface area contributed by atoms with E-state index in [4.69, 9.17) is 51.3 Å². The molecule has 0 bridgehead atoms. The van der Waals surface area contributed by atoms with Crippen LogP contribution in [0.5, 0.6) is 11.5 Å². The molecule has 1 aliphatic rings. The van der Waals surface area contributed by atoms with Crippen molar-refractivity contribution in [1.29, 1.82) is 0 Å². The molecule has 1 N–H and O–H groups in total. The van der Waals surface area contributed by atoms with Gasteiger partial charge in [0.2, 0.25) is 0 Å². The number of ether oxygens (including phenoxy) is 2. The second kappa shape index (κ2) is 9.71. The SMILES string of the molecule is C#CCOc1cc(Br)c(/C=C2\C(=O)NC(=S)N(c3cccc(Cl)c3Cl)C2=O)cc1OC. The number of hydrogen-bond acceptors (Lipinski definition) is 5. The lowest BCUT2D eigenvalue weighted by atomic mass is 10.1. The minimum Gasteiger partial charge on any atom is -0.493 e. The number of rotatable bonds is 5. The number of benzene rings is 2. The molecule has 0 aromatic heterocycles. The van der Waals surface area contributed by atoms with E-state index in [0.717, 1.165) is 4.90 Å². The highest BCUT2D eigenvalue weighted by molar-refractivity contribution is 9.10. The van der Waals surface area contributed by atoms with Gasteiger partial charge in [0.25, 0.3) is 11.8 Å². The predicted octanol–water partition coefficient (Wildman–Crippen LogP) is 4.61. The zero-order chi connectivity index (χ0) is 22.7. The standard InChI is InChI=1S/C21H13BrCl2N2O4S/c1-3-7-30-17-10-13(22)11(9-16(17)29-2)8-12-19(27)25-21(31)26(20(12)28)15-6-4-5-14(23)18(15)24/h1,4-6,8-10H,7H2,2H3,(H,25,27,31)/b12-8+. The van der Waals surface area contributed by atoms with E-state index in [1.54, 1.807) is 30.3 Å². The average Bonchev–Trinajstić information content (AvgIpc) is 2.73. The Labute approximate surface area is 202 Å². The Morgan fingerprint density at radius 2 is 2.03 bits per heavy atom. The van der Waals surface area contributed by atoms with E-state index >= 15 is 0 Å². The molecule has 6 nitrogen and oxygen atoms in total. The molecular weight excluding hydrogens is 527 g/mol. The number of hydrogen-bond donors (Lipinski definition) is 1. The fourth-order valence-electron chi connectivity index (χ4n) is 2.75. The van der Waals surface area contributed by atoms with Crippen molar-refractivity contribution in [1.82, 2.24) is 5.32 Å². The van der Waals surface area contributed by atoms with Gasteiger partial charge in [0, 0.05) is 4.47 Å². The number of thiocarbonyl (C=S) groups is 1. The van der Waals surface area contributed by atoms with Crippen molar-refractivity contribution in [3.8, 4) is 23.8 Å². The molecule has 10 heteroatoms. The van der Waals surface area contributed by atoms with Gasteiger partial charge in [-0.25, -0.2) is 0 Å². The second-order valence-corrected chi connectivity index (χ2v) is 8.07. The van der Waals surface area contributed by atoms with Crippen LogP contribution in [0.15, 0.2) is 40.4 Å². The number of terminal acetylenes is 1. The van der Waals surface area contributed by atoms with Crippen LogP contribution in [0.1, 0.15) is 5.56 Å². The van der Waals surface area contributed by atoms with Crippen LogP contribution >= 0.6 is 51.3 Å². The third kappa shape index (κ3) is 4.70. The first-order valence-electron chi connectivity index (χ1n) is 8.57. The Kier molecular flexibility index (Phi) is 7.23. The summed E-state index contributed by atoms with van der Waals surface area (Å²) < 4.78 is 11.3. The summed E-state index contributed by atoms with van der Waals surface area (Å²) >= 11 is 20.9. The van der Waals surface area contributed by atoms with Gasteiger partial charge in [0.15, 0.2) is 16.6 Å². The van der Waals surface area contributed by atoms with Crippen molar-refractivity contribution >= 4 is 80.0 Å². The maximum Gasteiger partial charge on any atom is 0.270 e. The minimum absolute atomic E-state index is 0.0525. The molecule has 0 radical (unpaired) electrons. The van der Waals surface area contributed by atoms with E-state index < -0.39 is 11.8 Å². The number of amides is 2. The summed E-state index contributed by atoms with van der Waals surface area (Å²) in [5.74, 6) is 1.84. The number of nitrogens with zero attached hydrogens (tertiary/aromatic N) is 1. The van der Waals surface area contributed by atoms with Crippen LogP contribution in [0, 0.1) is 12.3 Å². The number of halogens is 3. The molecule has 0 unspecified atom stereocenters. The zero-order valence-corrected chi connectivity index (χ0v) is 19.8. The molecule has 1 aliphatic heterocycles. The van der Waals surface area contributed by atoms with Gasteiger partial charge in [-0.3, -0.25) is 19.8 Å². The van der Waals surface area contributed by atoms with Gasteiger partial charge in [-0.1, -0.05) is 51.1 Å². The molecule has 0 aliphatic carbocycles. The quantitative estimate of drug-likeness (QED) is 0.260. The highest BCUT2D eigenvalue weighted by Gasteiger charge is 2.36. The van der Waals surface area contributed by atoms with Gasteiger partial charge >= 0.3 is 0 Å². The fourth-order valence-corrected chi connectivity index (χ4v) is 3.84. The predicted molar refractivity (Wildman–Crippen MR) is 128 cm³/mol. The smallest absolute Gasteiger partial charge is 0.270 e. The molecule has 31 heavy (non-hydrogen) atoms. The van der Waals surface area contributed by atoms with Gasteiger partial charge in [-0.15, -0.1) is 6.42 Å². The summed E-state index contributed by atoms with van der Waals surface area (Å²) in [6.07, 6.45) is 6.64. The first kappa shape index (κ1) is 23.1. The van der Waals surface area contributed by atoms with Gasteiger partial charge in [-0.05, 0) is 48.1 Å². The molecule has 0 spiro atoms. The normalized spacial score (nSPS) is 15.0. The van der Waals surface area contributed by atoms with Crippen LogP contribution in [-0.4, -0.2) is 30.6 Å². The highest BCUT2D eigenvalue weighted by Crippen LogP contribution is 2.37. The Hall–Kier alpha value is -2.57. The molecule has 1 heterocycles. The monoisotopic (exact) mass is 538 g/mol. The molecule has 2 aromatic rings. The number of nitrogens with one attached hydrogen (secondary N) is 1. The molecule has 3 rings (SSSR count). The van der Waals surface area contributed by atoms with E-state index in [9.17, 15) is 9.59 Å². The molecule has 0 atom stereocenters. The Balaban J connectivity index is 2.06. The van der Waals surface area contributed by atoms with Crippen LogP contribution in [0.3, 0.4) is 0 Å². The summed E-state index contributed by atoms with van der Waals surface area (Å²) in [7, 11) is 1.46. The van der Waals surface area contributed by atoms with Crippen LogP contribution in [0.25, 0.3) is 6.08 Å². The van der Waals surface area contributed by atoms with E-state index in [0.29, 0.717) is 21.5 Å². The maximum absolute atomic E-state index is 13.2. The zero-order valence-electron chi connectivity index (χ0n) is 15.9. The summed E-state index contributed by atoms with van der Waals surface area (Å²) in [6, 6.07) is 8.00. The molecule has 1 fully saturated rings. The number of carbonyl (C=O) groups is 2. The minimum atomic E-state index is -0.656. The van der Waals surface area contributed by atoms with E-state index in [1.165, 1.54) is 13.2 Å². The summed E-state index contributed by atoms with van der Waals surface area (Å²) in [6.45, 7) is 0.0525. The van der Waals surface area contributed by atoms with Gasteiger partial charge < -0.3 is 9.47 Å². The van der Waals surface area contributed by atoms with Crippen molar-refractivity contribution in [2.75, 3.05) is 18.6 Å². The third-order valence-corrected chi connectivity index (χ3v) is 5.95. The van der Waals surface area contributed by atoms with Crippen molar-refractivity contribution in [3.63, 3.8) is 0 Å². The van der Waals surface area contributed by atoms with E-state index in [-0.39, 0.29) is 33.0 Å². The topological polar surface area (TPSA) is 67.9 Å². The summed E-state index contributed by atoms with van der Waals surface area (Å²) in [4.78, 5) is 26.9. The highest BCUT2D eigenvalue weighted by atomic mass is 79.9. The summed E-state index contributed by atoms with van der Waals surface area (Å²) in [5, 5.41) is 2.77. The first-order valence-corrected chi connectivity index (χ1v) is 10.5. The van der Waals surface area contributed by atoms with Crippen molar-refractivity contribution in [2.45, 2.75) is 0 Å². The average molecular weight is 540 g/mol. The lowest BCUT2D eigenvalue weighted by molar-refractivity contribution is -0.122. The fraction of sp³-hybridized carbons (Fsp3) is 0.0952. The molecule has 2 amide bonds. The van der Waals surface area contributed by atoms with Crippen molar-refractivity contribution in [3.05, 3.63) is 56.0 Å². The molecular formula is C21H13BrCl2N2O4S. The third-order valence-electron chi connectivity index (χ3n) is 4.17. The number of carbonyl (C=O) groups excluding carboxylic acids is 2. The maximum atomic E-state index is 13.2. The Bertz CT molecular complexity index is 1180. The Morgan fingerprint density at radius 3 is 2.71 bits per heavy atom. The molecule has 1 saturated heterocycles. The Morgan fingerprint density at radius 1 is 1.29 bits per heavy atom. The van der Waals surface area contributed by atoms with Crippen LogP contribution in [0.2, 0.25) is 10.0 Å². The lowest BCUT2D eigenvalue weighted by Crippen LogP contribution is -2.54. The van der Waals surface area contributed by atoms with Crippen LogP contribution in [-0.2, 0) is 9.59 Å². The first-order chi connectivity index (χ1) is 14.8. The van der Waals surface area contributed by atoms with E-state index in [2.05, 4.69) is 27.2 Å². The van der Waals surface area contributed by atoms with Crippen molar-refractivity contribution < 1.29 is 19.1 Å². The van der Waals surface area contributed by atoms with Crippen molar-refractivity contribution in [2.24, 2.45) is 0 Å². The van der Waals surface area contributed by atoms with E-state index in [1.807, 2.05) is 0 Å². The van der Waals surface area contributed by atoms with Crippen LogP contribution < -0.4 is 19.7 Å². The molecule has 2 aromatic carbocycles. The van der Waals surface area contributed by atoms with Gasteiger partial charge in [0.1, 0.15) is 12.2 Å². The van der Waals surface area contributed by atoms with Gasteiger partial charge in [0.05, 0.1) is 22.8 Å².